The van der Waals surface area contributed by atoms with Gasteiger partial charge in [0.25, 0.3) is 0 Å². The number of hydrogen-bond donors (Lipinski definition) is 1. The standard InChI is InChI=1S/C21H19OPS.C19H15O2P.CH2Cl2/c1-2-24-21(22)19-15-9-10-16-20(19)23(17-11-5-3-6-12-17)18-13-7-4-8-14-18;20-19(21)17-13-7-8-14-18(17)22(15-9-3-1-4-10-15)16-11-5-2-6-12-16;2-1-3/h3-16H,2H2,1H3;1-14H,(H,20,21);1H2. The second kappa shape index (κ2) is 20.7. The van der Waals surface area contributed by atoms with Gasteiger partial charge in [-0.3, -0.25) is 4.79 Å². The Morgan fingerprint density at radius 1 is 0.510 bits per heavy atom. The minimum atomic E-state index is -0.880. The van der Waals surface area contributed by atoms with Gasteiger partial charge in [0.1, 0.15) is 0 Å². The zero-order valence-corrected chi connectivity index (χ0v) is 31.0. The summed E-state index contributed by atoms with van der Waals surface area (Å²) in [5, 5.41) is 16.7. The van der Waals surface area contributed by atoms with Crippen LogP contribution in [0, 0.1) is 0 Å². The van der Waals surface area contributed by atoms with Crippen LogP contribution in [-0.2, 0) is 0 Å². The van der Waals surface area contributed by atoms with Gasteiger partial charge in [0.05, 0.1) is 10.9 Å². The average Bonchev–Trinajstić information content (AvgIpc) is 3.15. The molecule has 3 nitrogen and oxygen atoms in total. The second-order valence-electron chi connectivity index (χ2n) is 10.2. The number of rotatable bonds is 9. The Labute approximate surface area is 305 Å². The SMILES string of the molecule is CCSC(=O)c1ccccc1P(c1ccccc1)c1ccccc1.ClCCl.O=C(O)c1ccccc1P(c1ccccc1)c1ccccc1. The van der Waals surface area contributed by atoms with E-state index in [1.807, 2.05) is 85.8 Å². The van der Waals surface area contributed by atoms with E-state index in [9.17, 15) is 14.7 Å². The van der Waals surface area contributed by atoms with Crippen LogP contribution in [0.4, 0.5) is 0 Å². The molecule has 0 fully saturated rings. The summed E-state index contributed by atoms with van der Waals surface area (Å²) in [5.74, 6) is -0.0862. The van der Waals surface area contributed by atoms with Gasteiger partial charge in [-0.25, -0.2) is 4.79 Å². The number of carbonyl (C=O) groups excluding carboxylic acids is 1. The molecule has 0 bridgehead atoms. The van der Waals surface area contributed by atoms with E-state index in [1.165, 1.54) is 22.4 Å². The van der Waals surface area contributed by atoms with Crippen molar-refractivity contribution in [1.82, 2.24) is 0 Å². The van der Waals surface area contributed by atoms with E-state index in [2.05, 4.69) is 78.9 Å². The van der Waals surface area contributed by atoms with E-state index in [-0.39, 0.29) is 10.5 Å². The molecule has 0 radical (unpaired) electrons. The third-order valence-corrected chi connectivity index (χ3v) is 12.8. The van der Waals surface area contributed by atoms with Crippen LogP contribution in [-0.4, -0.2) is 27.3 Å². The number of hydrogen-bond acceptors (Lipinski definition) is 3. The Morgan fingerprint density at radius 2 is 0.796 bits per heavy atom. The molecule has 248 valence electrons. The largest absolute Gasteiger partial charge is 0.478 e. The Morgan fingerprint density at radius 3 is 1.12 bits per heavy atom. The van der Waals surface area contributed by atoms with Crippen LogP contribution < -0.4 is 31.8 Å². The highest BCUT2D eigenvalue weighted by molar-refractivity contribution is 8.14. The summed E-state index contributed by atoms with van der Waals surface area (Å²) in [4.78, 5) is 24.2. The molecule has 8 heteroatoms. The smallest absolute Gasteiger partial charge is 0.336 e. The summed E-state index contributed by atoms with van der Waals surface area (Å²) >= 11 is 10.9. The van der Waals surface area contributed by atoms with Crippen molar-refractivity contribution in [3.05, 3.63) is 181 Å². The molecule has 1 N–H and O–H groups in total. The summed E-state index contributed by atoms with van der Waals surface area (Å²) in [6.07, 6.45) is 0. The molecule has 0 aliphatic heterocycles. The van der Waals surface area contributed by atoms with Crippen molar-refractivity contribution < 1.29 is 14.7 Å². The lowest BCUT2D eigenvalue weighted by atomic mass is 10.2. The quantitative estimate of drug-likeness (QED) is 0.119. The molecule has 6 aromatic rings. The van der Waals surface area contributed by atoms with Crippen LogP contribution in [0.5, 0.6) is 0 Å². The summed E-state index contributed by atoms with van der Waals surface area (Å²) in [5.41, 5.74) is 1.21. The van der Waals surface area contributed by atoms with Crippen molar-refractivity contribution in [2.45, 2.75) is 6.92 Å². The molecule has 0 saturated heterocycles. The number of aromatic carboxylic acids is 1. The molecule has 0 amide bonds. The van der Waals surface area contributed by atoms with Crippen LogP contribution >= 0.6 is 50.8 Å². The minimum Gasteiger partial charge on any atom is -0.478 e. The molecule has 0 spiro atoms. The number of carboxylic acid groups (broad SMARTS) is 1. The molecule has 0 aromatic heterocycles. The Hall–Kier alpha value is -3.75. The summed E-state index contributed by atoms with van der Waals surface area (Å²) in [7, 11) is -1.62. The van der Waals surface area contributed by atoms with Crippen molar-refractivity contribution in [2.75, 3.05) is 11.1 Å². The van der Waals surface area contributed by atoms with Gasteiger partial charge in [0, 0.05) is 5.56 Å². The number of halogens is 2. The van der Waals surface area contributed by atoms with Crippen molar-refractivity contribution in [3.8, 4) is 0 Å². The van der Waals surface area contributed by atoms with Gasteiger partial charge in [-0.05, 0) is 65.6 Å². The first-order valence-electron chi connectivity index (χ1n) is 15.5. The summed E-state index contributed by atoms with van der Waals surface area (Å²) < 4.78 is 0. The fraction of sp³-hybridized carbons (Fsp3) is 0.0732. The molecule has 49 heavy (non-hydrogen) atoms. The molecular formula is C41H36Cl2O3P2S. The lowest BCUT2D eigenvalue weighted by molar-refractivity contribution is 0.0698. The minimum absolute atomic E-state index is 0.160. The van der Waals surface area contributed by atoms with Gasteiger partial charge in [0.2, 0.25) is 5.12 Å². The lowest BCUT2D eigenvalue weighted by Crippen LogP contribution is -2.24. The van der Waals surface area contributed by atoms with E-state index < -0.39 is 21.8 Å². The van der Waals surface area contributed by atoms with E-state index >= 15 is 0 Å². The van der Waals surface area contributed by atoms with Crippen LogP contribution in [0.3, 0.4) is 0 Å². The highest BCUT2D eigenvalue weighted by atomic mass is 35.5. The zero-order valence-electron chi connectivity index (χ0n) is 26.9. The van der Waals surface area contributed by atoms with Crippen LogP contribution in [0.25, 0.3) is 0 Å². The van der Waals surface area contributed by atoms with Crippen LogP contribution in [0.1, 0.15) is 27.6 Å². The maximum Gasteiger partial charge on any atom is 0.336 e. The van der Waals surface area contributed by atoms with Crippen molar-refractivity contribution in [1.29, 1.82) is 0 Å². The number of thioether (sulfide) groups is 1. The van der Waals surface area contributed by atoms with E-state index in [1.54, 1.807) is 12.1 Å². The van der Waals surface area contributed by atoms with Crippen molar-refractivity contribution in [2.24, 2.45) is 0 Å². The summed E-state index contributed by atoms with van der Waals surface area (Å²) in [6, 6.07) is 56.5. The highest BCUT2D eigenvalue weighted by Gasteiger charge is 2.23. The third kappa shape index (κ3) is 10.9. The topological polar surface area (TPSA) is 54.4 Å². The zero-order chi connectivity index (χ0) is 34.8. The number of alkyl halides is 2. The monoisotopic (exact) mass is 740 g/mol. The van der Waals surface area contributed by atoms with Gasteiger partial charge in [-0.1, -0.05) is 176 Å². The molecule has 0 aliphatic rings. The van der Waals surface area contributed by atoms with Crippen LogP contribution in [0.15, 0.2) is 170 Å². The molecule has 6 rings (SSSR count). The molecular weight excluding hydrogens is 705 g/mol. The maximum absolute atomic E-state index is 12.6. The van der Waals surface area contributed by atoms with Gasteiger partial charge in [-0.15, -0.1) is 23.2 Å². The third-order valence-electron chi connectivity index (χ3n) is 7.07. The molecule has 0 unspecified atom stereocenters. The average molecular weight is 742 g/mol. The predicted molar refractivity (Wildman–Crippen MR) is 216 cm³/mol. The molecule has 0 saturated carbocycles. The first-order valence-corrected chi connectivity index (χ1v) is 20.2. The molecule has 6 aromatic carbocycles. The van der Waals surface area contributed by atoms with Gasteiger partial charge >= 0.3 is 5.97 Å². The Bertz CT molecular complexity index is 1800. The number of carboxylic acids is 1. The van der Waals surface area contributed by atoms with Crippen LogP contribution in [0.2, 0.25) is 0 Å². The number of benzene rings is 6. The summed E-state index contributed by atoms with van der Waals surface area (Å²) in [6.45, 7) is 2.02. The van der Waals surface area contributed by atoms with E-state index in [0.717, 1.165) is 32.5 Å². The van der Waals surface area contributed by atoms with Gasteiger partial charge in [-0.2, -0.15) is 0 Å². The fourth-order valence-corrected chi connectivity index (χ4v) is 10.6. The van der Waals surface area contributed by atoms with Gasteiger partial charge in [0.15, 0.2) is 0 Å². The van der Waals surface area contributed by atoms with E-state index in [0.29, 0.717) is 5.56 Å². The fourth-order valence-electron chi connectivity index (χ4n) is 5.06. The Kier molecular flexibility index (Phi) is 16.1. The van der Waals surface area contributed by atoms with Crippen molar-refractivity contribution >= 4 is 93.7 Å². The maximum atomic E-state index is 12.6. The highest BCUT2D eigenvalue weighted by Crippen LogP contribution is 2.35. The molecule has 0 atom stereocenters. The first kappa shape index (κ1) is 38.1. The molecule has 0 aliphatic carbocycles. The lowest BCUT2D eigenvalue weighted by Gasteiger charge is -2.21. The van der Waals surface area contributed by atoms with E-state index in [4.69, 9.17) is 23.2 Å². The second-order valence-corrected chi connectivity index (χ2v) is 16.6. The number of carbonyl (C=O) groups is 2. The first-order chi connectivity index (χ1) is 24.0. The normalized spacial score (nSPS) is 10.4. The predicted octanol–water partition coefficient (Wildman–Crippen LogP) is 8.90. The van der Waals surface area contributed by atoms with Gasteiger partial charge < -0.3 is 5.11 Å². The molecule has 0 heterocycles. The Balaban J connectivity index is 0.000000205. The van der Waals surface area contributed by atoms with Crippen molar-refractivity contribution in [3.63, 3.8) is 0 Å².